The summed E-state index contributed by atoms with van der Waals surface area (Å²) in [6, 6.07) is 6.78. The molecule has 1 aromatic carbocycles. The number of nitrogens with zero attached hydrogens (tertiary/aromatic N) is 3. The monoisotopic (exact) mass is 317 g/mol. The van der Waals surface area contributed by atoms with E-state index in [1.54, 1.807) is 24.3 Å². The Morgan fingerprint density at radius 3 is 2.35 bits per heavy atom. The smallest absolute Gasteiger partial charge is 0.372 e. The Labute approximate surface area is 130 Å². The van der Waals surface area contributed by atoms with Gasteiger partial charge in [-0.15, -0.1) is 0 Å². The van der Waals surface area contributed by atoms with Gasteiger partial charge in [0.2, 0.25) is 5.69 Å². The number of aromatic nitrogens is 3. The Kier molecular flexibility index (Phi) is 4.54. The highest BCUT2D eigenvalue weighted by Crippen LogP contribution is 2.15. The van der Waals surface area contributed by atoms with E-state index in [0.717, 1.165) is 14.8 Å². The molecule has 0 bridgehead atoms. The fourth-order valence-corrected chi connectivity index (χ4v) is 2.04. The lowest BCUT2D eigenvalue weighted by molar-refractivity contribution is -0.123. The van der Waals surface area contributed by atoms with E-state index in [9.17, 15) is 19.2 Å². The number of carbonyl (C=O) groups is 2. The van der Waals surface area contributed by atoms with Crippen molar-refractivity contribution in [3.63, 3.8) is 0 Å². The highest BCUT2D eigenvalue weighted by molar-refractivity contribution is 5.90. The molecule has 0 aliphatic heterocycles. The lowest BCUT2D eigenvalue weighted by Gasteiger charge is -2.10. The van der Waals surface area contributed by atoms with Crippen LogP contribution in [-0.4, -0.2) is 26.8 Å². The summed E-state index contributed by atoms with van der Waals surface area (Å²) in [6.07, 6.45) is 0. The molecule has 2 rings (SSSR count). The molecule has 0 atom stereocenters. The second-order valence-corrected chi connectivity index (χ2v) is 5.14. The fraction of sp³-hybridized carbons (Fsp3) is 0.267. The van der Waals surface area contributed by atoms with Crippen molar-refractivity contribution in [3.05, 3.63) is 56.4 Å². The van der Waals surface area contributed by atoms with E-state index < -0.39 is 22.9 Å². The average Bonchev–Trinajstić information content (AvgIpc) is 2.51. The SMILES string of the molecule is CC(C)c1ccc(-n2c(=O)c(C(=O)OC=O)nn(C)c2=O)cc1. The molecule has 23 heavy (non-hydrogen) atoms. The third kappa shape index (κ3) is 3.10. The molecule has 0 radical (unpaired) electrons. The van der Waals surface area contributed by atoms with Gasteiger partial charge in [-0.1, -0.05) is 26.0 Å². The van der Waals surface area contributed by atoms with E-state index in [0.29, 0.717) is 11.6 Å². The van der Waals surface area contributed by atoms with Crippen molar-refractivity contribution in [2.75, 3.05) is 0 Å². The molecule has 1 aromatic heterocycles. The summed E-state index contributed by atoms with van der Waals surface area (Å²) >= 11 is 0. The van der Waals surface area contributed by atoms with Crippen LogP contribution in [-0.2, 0) is 16.6 Å². The largest absolute Gasteiger partial charge is 0.390 e. The topological polar surface area (TPSA) is 100 Å². The van der Waals surface area contributed by atoms with Crippen molar-refractivity contribution < 1.29 is 14.3 Å². The van der Waals surface area contributed by atoms with Gasteiger partial charge in [0.1, 0.15) is 0 Å². The van der Waals surface area contributed by atoms with Crippen LogP contribution in [0.1, 0.15) is 35.8 Å². The lowest BCUT2D eigenvalue weighted by atomic mass is 10.0. The lowest BCUT2D eigenvalue weighted by Crippen LogP contribution is -2.43. The molecule has 0 aliphatic rings. The predicted octanol–water partition coefficient (Wildman–Crippen LogP) is 0.368. The van der Waals surface area contributed by atoms with Gasteiger partial charge in [0, 0.05) is 7.05 Å². The third-order valence-corrected chi connectivity index (χ3v) is 3.29. The molecule has 0 saturated carbocycles. The number of hydrogen-bond acceptors (Lipinski definition) is 6. The molecular weight excluding hydrogens is 302 g/mol. The first-order valence-corrected chi connectivity index (χ1v) is 6.82. The molecule has 0 spiro atoms. The number of ether oxygens (including phenoxy) is 1. The second-order valence-electron chi connectivity index (χ2n) is 5.14. The van der Waals surface area contributed by atoms with Crippen molar-refractivity contribution in [1.29, 1.82) is 0 Å². The number of benzene rings is 1. The van der Waals surface area contributed by atoms with Crippen molar-refractivity contribution in [1.82, 2.24) is 14.3 Å². The molecule has 2 aromatic rings. The number of hydrogen-bond donors (Lipinski definition) is 0. The summed E-state index contributed by atoms with van der Waals surface area (Å²) in [4.78, 5) is 46.4. The van der Waals surface area contributed by atoms with Gasteiger partial charge in [0.25, 0.3) is 5.56 Å². The van der Waals surface area contributed by atoms with Crippen LogP contribution in [0, 0.1) is 0 Å². The van der Waals surface area contributed by atoms with Crippen LogP contribution in [0.4, 0.5) is 0 Å². The van der Waals surface area contributed by atoms with E-state index in [4.69, 9.17) is 0 Å². The van der Waals surface area contributed by atoms with Gasteiger partial charge in [0.05, 0.1) is 5.69 Å². The van der Waals surface area contributed by atoms with Crippen LogP contribution in [0.5, 0.6) is 0 Å². The first kappa shape index (κ1) is 16.3. The minimum atomic E-state index is -1.21. The molecule has 8 nitrogen and oxygen atoms in total. The minimum absolute atomic E-state index is 0.101. The standard InChI is InChI=1S/C15H15N3O5/c1-9(2)10-4-6-11(7-5-10)18-13(20)12(14(21)23-8-19)16-17(3)15(18)22/h4-9H,1-3H3. The maximum absolute atomic E-state index is 12.3. The second kappa shape index (κ2) is 6.39. The first-order chi connectivity index (χ1) is 10.9. The van der Waals surface area contributed by atoms with Gasteiger partial charge in [-0.05, 0) is 23.6 Å². The Morgan fingerprint density at radius 1 is 1.22 bits per heavy atom. The van der Waals surface area contributed by atoms with Crippen molar-refractivity contribution in [3.8, 4) is 5.69 Å². The van der Waals surface area contributed by atoms with Crippen LogP contribution in [0.25, 0.3) is 5.69 Å². The maximum Gasteiger partial charge on any atom is 0.372 e. The Bertz CT molecular complexity index is 862. The van der Waals surface area contributed by atoms with Crippen molar-refractivity contribution in [2.45, 2.75) is 19.8 Å². The summed E-state index contributed by atoms with van der Waals surface area (Å²) in [7, 11) is 1.29. The van der Waals surface area contributed by atoms with Crippen LogP contribution < -0.4 is 11.2 Å². The van der Waals surface area contributed by atoms with Gasteiger partial charge >= 0.3 is 18.1 Å². The molecule has 0 unspecified atom stereocenters. The minimum Gasteiger partial charge on any atom is -0.390 e. The van der Waals surface area contributed by atoms with Gasteiger partial charge < -0.3 is 4.74 Å². The van der Waals surface area contributed by atoms with Gasteiger partial charge in [-0.3, -0.25) is 9.59 Å². The van der Waals surface area contributed by atoms with Gasteiger partial charge in [-0.2, -0.15) is 5.10 Å². The molecule has 1 heterocycles. The van der Waals surface area contributed by atoms with E-state index in [2.05, 4.69) is 9.84 Å². The van der Waals surface area contributed by atoms with E-state index in [-0.39, 0.29) is 6.47 Å². The zero-order valence-electron chi connectivity index (χ0n) is 12.8. The zero-order chi connectivity index (χ0) is 17.1. The van der Waals surface area contributed by atoms with Crippen LogP contribution >= 0.6 is 0 Å². The van der Waals surface area contributed by atoms with E-state index in [1.165, 1.54) is 7.05 Å². The number of aryl methyl sites for hydroxylation is 1. The zero-order valence-corrected chi connectivity index (χ0v) is 12.8. The summed E-state index contributed by atoms with van der Waals surface area (Å²) < 4.78 is 5.77. The highest BCUT2D eigenvalue weighted by atomic mass is 16.6. The average molecular weight is 317 g/mol. The molecule has 0 fully saturated rings. The van der Waals surface area contributed by atoms with Gasteiger partial charge in [0.15, 0.2) is 0 Å². The fourth-order valence-electron chi connectivity index (χ4n) is 2.04. The van der Waals surface area contributed by atoms with Crippen LogP contribution in [0.15, 0.2) is 33.9 Å². The van der Waals surface area contributed by atoms with E-state index >= 15 is 0 Å². The molecule has 0 amide bonds. The van der Waals surface area contributed by atoms with Crippen LogP contribution in [0.3, 0.4) is 0 Å². The van der Waals surface area contributed by atoms with E-state index in [1.807, 2.05) is 13.8 Å². The highest BCUT2D eigenvalue weighted by Gasteiger charge is 2.20. The molecule has 120 valence electrons. The molecule has 8 heteroatoms. The number of carbonyl (C=O) groups excluding carboxylic acids is 2. The van der Waals surface area contributed by atoms with Crippen molar-refractivity contribution >= 4 is 12.4 Å². The summed E-state index contributed by atoms with van der Waals surface area (Å²) in [6.45, 7) is 3.93. The maximum atomic E-state index is 12.3. The quantitative estimate of drug-likeness (QED) is 0.459. The molecule has 0 aliphatic carbocycles. The normalized spacial score (nSPS) is 10.6. The number of esters is 1. The predicted molar refractivity (Wildman–Crippen MR) is 80.6 cm³/mol. The third-order valence-electron chi connectivity index (χ3n) is 3.29. The van der Waals surface area contributed by atoms with Gasteiger partial charge in [-0.25, -0.2) is 18.8 Å². The Balaban J connectivity index is 2.66. The number of rotatable bonds is 4. The summed E-state index contributed by atoms with van der Waals surface area (Å²) in [5, 5.41) is 3.56. The Morgan fingerprint density at radius 2 is 1.83 bits per heavy atom. The molecule has 0 N–H and O–H groups in total. The summed E-state index contributed by atoms with van der Waals surface area (Å²) in [5.74, 6) is -0.924. The molecular formula is C15H15N3O5. The summed E-state index contributed by atoms with van der Waals surface area (Å²) in [5.41, 5.74) is -0.977. The first-order valence-electron chi connectivity index (χ1n) is 6.82. The molecule has 0 saturated heterocycles. The Hall–Kier alpha value is -3.03. The van der Waals surface area contributed by atoms with Crippen LogP contribution in [0.2, 0.25) is 0 Å². The van der Waals surface area contributed by atoms with Crippen molar-refractivity contribution in [2.24, 2.45) is 7.05 Å².